The molecule has 0 bridgehead atoms. The maximum Gasteiger partial charge on any atom is 0.346 e. The molecule has 1 fully saturated rings. The maximum atomic E-state index is 12.2. The number of hydrogen-bond acceptors (Lipinski definition) is 7. The van der Waals surface area contributed by atoms with Gasteiger partial charge in [0.1, 0.15) is 6.33 Å². The second-order valence-corrected chi connectivity index (χ2v) is 7.12. The van der Waals surface area contributed by atoms with Crippen molar-refractivity contribution in [2.45, 2.75) is 38.1 Å². The first-order valence-electron chi connectivity index (χ1n) is 7.64. The number of rotatable bonds is 7. The molecule has 0 N–H and O–H groups in total. The lowest BCUT2D eigenvalue weighted by Crippen LogP contribution is -2.35. The quantitative estimate of drug-likeness (QED) is 0.708. The van der Waals surface area contributed by atoms with Gasteiger partial charge in [-0.25, -0.2) is 18.2 Å². The molecule has 2 heterocycles. The van der Waals surface area contributed by atoms with E-state index in [1.165, 1.54) is 0 Å². The van der Waals surface area contributed by atoms with Crippen molar-refractivity contribution >= 4 is 15.9 Å². The van der Waals surface area contributed by atoms with Crippen molar-refractivity contribution in [1.82, 2.24) is 19.7 Å². The van der Waals surface area contributed by atoms with Gasteiger partial charge in [-0.15, -0.1) is 5.10 Å². The standard InChI is InChI=1S/C13H22N4O5S/c1-3-6-16(4-2)13(18)17-10-14-12(15-17)23(19,20)9-5-11-21-7-8-22-11/h10-11H,3-9H2,1-2H3. The molecule has 0 aromatic carbocycles. The van der Waals surface area contributed by atoms with Gasteiger partial charge >= 0.3 is 6.03 Å². The van der Waals surface area contributed by atoms with Gasteiger partial charge in [-0.2, -0.15) is 4.68 Å². The van der Waals surface area contributed by atoms with Gasteiger partial charge in [0.05, 0.1) is 19.0 Å². The Morgan fingerprint density at radius 2 is 2.09 bits per heavy atom. The average molecular weight is 346 g/mol. The molecule has 0 saturated carbocycles. The molecule has 9 nitrogen and oxygen atoms in total. The minimum atomic E-state index is -3.68. The zero-order valence-electron chi connectivity index (χ0n) is 13.3. The largest absolute Gasteiger partial charge is 0.350 e. The fourth-order valence-electron chi connectivity index (χ4n) is 2.20. The van der Waals surface area contributed by atoms with Crippen molar-refractivity contribution in [2.24, 2.45) is 0 Å². The van der Waals surface area contributed by atoms with Crippen molar-refractivity contribution < 1.29 is 22.7 Å². The van der Waals surface area contributed by atoms with E-state index < -0.39 is 16.1 Å². The molecular weight excluding hydrogens is 324 g/mol. The van der Waals surface area contributed by atoms with Crippen LogP contribution < -0.4 is 0 Å². The number of ether oxygens (including phenoxy) is 2. The van der Waals surface area contributed by atoms with Gasteiger partial charge in [-0.3, -0.25) is 0 Å². The summed E-state index contributed by atoms with van der Waals surface area (Å²) >= 11 is 0. The smallest absolute Gasteiger partial charge is 0.346 e. The van der Waals surface area contributed by atoms with E-state index in [2.05, 4.69) is 10.1 Å². The van der Waals surface area contributed by atoms with Crippen LogP contribution in [0.3, 0.4) is 0 Å². The Morgan fingerprint density at radius 3 is 2.70 bits per heavy atom. The number of hydrogen-bond donors (Lipinski definition) is 0. The van der Waals surface area contributed by atoms with Gasteiger partial charge in [0.15, 0.2) is 6.29 Å². The fourth-order valence-corrected chi connectivity index (χ4v) is 3.31. The van der Waals surface area contributed by atoms with Crippen LogP contribution >= 0.6 is 0 Å². The minimum Gasteiger partial charge on any atom is -0.350 e. The Labute approximate surface area is 135 Å². The minimum absolute atomic E-state index is 0.192. The molecule has 10 heteroatoms. The lowest BCUT2D eigenvalue weighted by atomic mass is 10.4. The molecule has 1 saturated heterocycles. The van der Waals surface area contributed by atoms with E-state index in [-0.39, 0.29) is 23.4 Å². The summed E-state index contributed by atoms with van der Waals surface area (Å²) in [6.45, 7) is 5.84. The monoisotopic (exact) mass is 346 g/mol. The first kappa shape index (κ1) is 17.8. The third kappa shape index (κ3) is 4.49. The summed E-state index contributed by atoms with van der Waals surface area (Å²) in [5, 5.41) is 3.47. The zero-order valence-corrected chi connectivity index (χ0v) is 14.2. The third-order valence-corrected chi connectivity index (χ3v) is 4.92. The number of sulfone groups is 1. The van der Waals surface area contributed by atoms with E-state index in [1.807, 2.05) is 13.8 Å². The summed E-state index contributed by atoms with van der Waals surface area (Å²) in [5.74, 6) is -0.192. The molecule has 1 amide bonds. The SMILES string of the molecule is CCCN(CC)C(=O)n1cnc(S(=O)(=O)CCC2OCCO2)n1. The first-order valence-corrected chi connectivity index (χ1v) is 9.30. The second kappa shape index (κ2) is 7.84. The van der Waals surface area contributed by atoms with Gasteiger partial charge in [0, 0.05) is 19.5 Å². The molecule has 0 radical (unpaired) electrons. The van der Waals surface area contributed by atoms with Crippen LogP contribution in [0.2, 0.25) is 0 Å². The predicted octanol–water partition coefficient (Wildman–Crippen LogP) is 0.515. The highest BCUT2D eigenvalue weighted by molar-refractivity contribution is 7.91. The van der Waals surface area contributed by atoms with Crippen molar-refractivity contribution in [3.63, 3.8) is 0 Å². The summed E-state index contributed by atoms with van der Waals surface area (Å²) in [4.78, 5) is 17.6. The first-order chi connectivity index (χ1) is 11.0. The second-order valence-electron chi connectivity index (χ2n) is 5.11. The highest BCUT2D eigenvalue weighted by Crippen LogP contribution is 2.13. The summed E-state index contributed by atoms with van der Waals surface area (Å²) in [5.41, 5.74) is 0. The Hall–Kier alpha value is -1.52. The Balaban J connectivity index is 2.03. The van der Waals surface area contributed by atoms with Crippen LogP contribution in [0.1, 0.15) is 26.7 Å². The normalized spacial score (nSPS) is 15.9. The van der Waals surface area contributed by atoms with Crippen molar-refractivity contribution in [2.75, 3.05) is 32.1 Å². The summed E-state index contributed by atoms with van der Waals surface area (Å²) in [6, 6.07) is -0.384. The molecule has 0 atom stereocenters. The Bertz CT molecular complexity index is 624. The van der Waals surface area contributed by atoms with Crippen LogP contribution in [-0.2, 0) is 19.3 Å². The summed E-state index contributed by atoms with van der Waals surface area (Å²) in [7, 11) is -3.68. The van der Waals surface area contributed by atoms with Crippen LogP contribution in [0.5, 0.6) is 0 Å². The number of carbonyl (C=O) groups excluding carboxylic acids is 1. The molecule has 1 aliphatic heterocycles. The van der Waals surface area contributed by atoms with Gasteiger partial charge in [0.2, 0.25) is 9.84 Å². The van der Waals surface area contributed by atoms with E-state index in [0.717, 1.165) is 17.4 Å². The van der Waals surface area contributed by atoms with Crippen LogP contribution in [0, 0.1) is 0 Å². The number of aromatic nitrogens is 3. The van der Waals surface area contributed by atoms with Crippen molar-refractivity contribution in [1.29, 1.82) is 0 Å². The van der Waals surface area contributed by atoms with E-state index in [9.17, 15) is 13.2 Å². The van der Waals surface area contributed by atoms with Gasteiger partial charge in [0.25, 0.3) is 5.16 Å². The van der Waals surface area contributed by atoms with Crippen LogP contribution in [0.15, 0.2) is 11.5 Å². The molecule has 0 aliphatic carbocycles. The molecule has 1 aromatic rings. The van der Waals surface area contributed by atoms with Crippen molar-refractivity contribution in [3.05, 3.63) is 6.33 Å². The molecule has 1 aromatic heterocycles. The van der Waals surface area contributed by atoms with Crippen LogP contribution in [0.4, 0.5) is 4.79 Å². The van der Waals surface area contributed by atoms with Gasteiger partial charge in [-0.1, -0.05) is 6.92 Å². The molecule has 23 heavy (non-hydrogen) atoms. The third-order valence-electron chi connectivity index (χ3n) is 3.40. The maximum absolute atomic E-state index is 12.2. The van der Waals surface area contributed by atoms with Gasteiger partial charge in [-0.05, 0) is 13.3 Å². The van der Waals surface area contributed by atoms with Crippen LogP contribution in [0.25, 0.3) is 0 Å². The number of nitrogens with zero attached hydrogens (tertiary/aromatic N) is 4. The highest BCUT2D eigenvalue weighted by Gasteiger charge is 2.26. The number of carbonyl (C=O) groups is 1. The lowest BCUT2D eigenvalue weighted by molar-refractivity contribution is -0.0424. The molecule has 2 rings (SSSR count). The summed E-state index contributed by atoms with van der Waals surface area (Å²) < 4.78 is 35.8. The average Bonchev–Trinajstić information content (AvgIpc) is 3.21. The topological polar surface area (TPSA) is 104 Å². The Kier molecular flexibility index (Phi) is 6.08. The highest BCUT2D eigenvalue weighted by atomic mass is 32.2. The van der Waals surface area contributed by atoms with E-state index >= 15 is 0 Å². The van der Waals surface area contributed by atoms with E-state index in [1.54, 1.807) is 4.90 Å². The van der Waals surface area contributed by atoms with Crippen molar-refractivity contribution in [3.8, 4) is 0 Å². The fraction of sp³-hybridized carbons (Fsp3) is 0.769. The zero-order chi connectivity index (χ0) is 16.9. The van der Waals surface area contributed by atoms with Gasteiger partial charge < -0.3 is 14.4 Å². The number of amides is 1. The van der Waals surface area contributed by atoms with E-state index in [4.69, 9.17) is 9.47 Å². The molecule has 0 unspecified atom stereocenters. The molecule has 0 spiro atoms. The molecule has 130 valence electrons. The predicted molar refractivity (Wildman–Crippen MR) is 80.7 cm³/mol. The lowest BCUT2D eigenvalue weighted by Gasteiger charge is -2.18. The van der Waals surface area contributed by atoms with Crippen LogP contribution in [-0.4, -0.2) is 72.5 Å². The van der Waals surface area contributed by atoms with E-state index in [0.29, 0.717) is 26.3 Å². The molecular formula is C13H22N4O5S. The summed E-state index contributed by atoms with van der Waals surface area (Å²) in [6.07, 6.45) is 1.65. The molecule has 1 aliphatic rings. The Morgan fingerprint density at radius 1 is 1.39 bits per heavy atom.